The Bertz CT molecular complexity index is 396. The number of hydrogen-bond acceptors (Lipinski definition) is 5. The molecule has 1 aliphatic rings. The second kappa shape index (κ2) is 7.73. The first kappa shape index (κ1) is 19.4. The van der Waals surface area contributed by atoms with Crippen LogP contribution < -0.4 is 0 Å². The Morgan fingerprint density at radius 1 is 1.33 bits per heavy atom. The minimum absolute atomic E-state index is 0.0232. The second-order valence-electron chi connectivity index (χ2n) is 6.70. The molecule has 0 aromatic rings. The van der Waals surface area contributed by atoms with Crippen molar-refractivity contribution in [3.63, 3.8) is 0 Å². The van der Waals surface area contributed by atoms with E-state index < -0.39 is 4.08 Å². The van der Waals surface area contributed by atoms with Gasteiger partial charge < -0.3 is 4.74 Å². The number of nitrogens with zero attached hydrogens (tertiary/aromatic N) is 1. The molecule has 0 radical (unpaired) electrons. The first-order valence-corrected chi connectivity index (χ1v) is 10.9. The van der Waals surface area contributed by atoms with E-state index >= 15 is 0 Å². The predicted octanol–water partition coefficient (Wildman–Crippen LogP) is 3.98. The van der Waals surface area contributed by atoms with Crippen molar-refractivity contribution in [3.05, 3.63) is 0 Å². The summed E-state index contributed by atoms with van der Waals surface area (Å²) < 4.78 is 9.83. The molecule has 1 aliphatic heterocycles. The van der Waals surface area contributed by atoms with Crippen molar-refractivity contribution in [2.75, 3.05) is 24.9 Å². The molecular formula is C15H29NO2S3. The topological polar surface area (TPSA) is 38.7 Å². The van der Waals surface area contributed by atoms with Gasteiger partial charge >= 0.3 is 5.97 Å². The third-order valence-corrected chi connectivity index (χ3v) is 9.35. The third kappa shape index (κ3) is 4.90. The average molecular weight is 352 g/mol. The van der Waals surface area contributed by atoms with Gasteiger partial charge in [-0.25, -0.2) is 4.79 Å². The lowest BCUT2D eigenvalue weighted by atomic mass is 10.0. The van der Waals surface area contributed by atoms with Gasteiger partial charge in [0, 0.05) is 16.3 Å². The van der Waals surface area contributed by atoms with Crippen molar-refractivity contribution >= 4 is 40.2 Å². The Morgan fingerprint density at radius 2 is 1.86 bits per heavy atom. The number of carbonyl (C=O) groups is 1. The van der Waals surface area contributed by atoms with Crippen molar-refractivity contribution in [2.45, 2.75) is 55.9 Å². The summed E-state index contributed by atoms with van der Waals surface area (Å²) in [4.78, 5) is 12.5. The predicted molar refractivity (Wildman–Crippen MR) is 98.4 cm³/mol. The summed E-state index contributed by atoms with van der Waals surface area (Å²) >= 11 is 3.45. The molecule has 0 bridgehead atoms. The van der Waals surface area contributed by atoms with Gasteiger partial charge in [-0.1, -0.05) is 45.3 Å². The smallest absolute Gasteiger partial charge is 0.334 e. The number of ether oxygens (including phenoxy) is 1. The van der Waals surface area contributed by atoms with E-state index in [4.69, 9.17) is 9.10 Å². The molecule has 21 heavy (non-hydrogen) atoms. The van der Waals surface area contributed by atoms with Crippen molar-refractivity contribution in [3.8, 4) is 0 Å². The van der Waals surface area contributed by atoms with Gasteiger partial charge in [-0.15, -0.1) is 23.5 Å². The number of carbonyl (C=O) groups excluding carboxylic acids is 1. The number of esters is 1. The van der Waals surface area contributed by atoms with Crippen LogP contribution in [-0.4, -0.2) is 45.7 Å². The van der Waals surface area contributed by atoms with Crippen LogP contribution in [0.3, 0.4) is 0 Å². The maximum atomic E-state index is 12.5. The minimum Gasteiger partial charge on any atom is -0.467 e. The first-order chi connectivity index (χ1) is 9.63. The van der Waals surface area contributed by atoms with E-state index in [2.05, 4.69) is 40.9 Å². The van der Waals surface area contributed by atoms with E-state index in [0.29, 0.717) is 5.92 Å². The highest BCUT2D eigenvalue weighted by atomic mass is 32.2. The molecule has 0 amide bonds. The van der Waals surface area contributed by atoms with Gasteiger partial charge in [0.05, 0.1) is 13.2 Å². The summed E-state index contributed by atoms with van der Waals surface area (Å²) in [6.45, 7) is 11.0. The minimum atomic E-state index is -0.536. The van der Waals surface area contributed by atoms with Gasteiger partial charge in [-0.2, -0.15) is 0 Å². The molecule has 124 valence electrons. The molecule has 1 saturated heterocycles. The molecule has 0 spiro atoms. The molecule has 1 rings (SSSR count). The number of methoxy groups -OCH3 is 1. The maximum absolute atomic E-state index is 12.5. The molecule has 0 saturated carbocycles. The average Bonchev–Trinajstić information content (AvgIpc) is 2.85. The molecule has 2 unspecified atom stereocenters. The molecule has 0 aromatic carbocycles. The molecule has 3 nitrogen and oxygen atoms in total. The second-order valence-corrected chi connectivity index (χ2v) is 12.0. The van der Waals surface area contributed by atoms with Crippen LogP contribution in [0.4, 0.5) is 0 Å². The quantitative estimate of drug-likeness (QED) is 0.702. The maximum Gasteiger partial charge on any atom is 0.334 e. The molecule has 6 heteroatoms. The molecule has 1 fully saturated rings. The number of thioether (sulfide) groups is 2. The SMILES string of the molecule is COC(=O)C1(C(CC(C)C)N=S(C)C(C)(C)C)SCCS1. The Kier molecular flexibility index (Phi) is 7.13. The van der Waals surface area contributed by atoms with E-state index in [1.165, 1.54) is 7.11 Å². The Balaban J connectivity index is 3.19. The van der Waals surface area contributed by atoms with Gasteiger partial charge in [0.25, 0.3) is 0 Å². The monoisotopic (exact) mass is 351 g/mol. The lowest BCUT2D eigenvalue weighted by Crippen LogP contribution is -2.43. The number of rotatable bonds is 5. The van der Waals surface area contributed by atoms with E-state index in [-0.39, 0.29) is 27.4 Å². The van der Waals surface area contributed by atoms with E-state index in [1.807, 2.05) is 0 Å². The standard InChI is InChI=1S/C15H29NO2S3/c1-11(2)10-12(16-21(7)14(3,4)5)15(13(17)18-6)19-8-9-20-15/h11-12H,8-10H2,1-7H3. The lowest BCUT2D eigenvalue weighted by Gasteiger charge is -2.33. The van der Waals surface area contributed by atoms with Crippen LogP contribution in [0, 0.1) is 5.92 Å². The zero-order chi connectivity index (χ0) is 16.3. The molecule has 0 N–H and O–H groups in total. The summed E-state index contributed by atoms with van der Waals surface area (Å²) in [6, 6.07) is 0.0232. The Hall–Kier alpha value is 0.320. The van der Waals surface area contributed by atoms with Crippen LogP contribution in [0.15, 0.2) is 4.36 Å². The zero-order valence-corrected chi connectivity index (χ0v) is 16.7. The first-order valence-electron chi connectivity index (χ1n) is 7.37. The summed E-state index contributed by atoms with van der Waals surface area (Å²) in [5.41, 5.74) is 0. The van der Waals surface area contributed by atoms with Crippen LogP contribution in [0.25, 0.3) is 0 Å². The fraction of sp³-hybridized carbons (Fsp3) is 0.933. The summed E-state index contributed by atoms with van der Waals surface area (Å²) in [7, 11) is 1.41. The highest BCUT2D eigenvalue weighted by molar-refractivity contribution is 8.22. The van der Waals surface area contributed by atoms with Crippen molar-refractivity contribution in [1.29, 1.82) is 0 Å². The van der Waals surface area contributed by atoms with Gasteiger partial charge in [0.15, 0.2) is 4.08 Å². The number of hydrogen-bond donors (Lipinski definition) is 0. The van der Waals surface area contributed by atoms with E-state index in [0.717, 1.165) is 17.9 Å². The van der Waals surface area contributed by atoms with E-state index in [1.54, 1.807) is 23.5 Å². The fourth-order valence-electron chi connectivity index (χ4n) is 2.08. The van der Waals surface area contributed by atoms with Crippen LogP contribution in [0.5, 0.6) is 0 Å². The van der Waals surface area contributed by atoms with Gasteiger partial charge in [0.1, 0.15) is 0 Å². The van der Waals surface area contributed by atoms with Crippen molar-refractivity contribution < 1.29 is 9.53 Å². The largest absolute Gasteiger partial charge is 0.467 e. The van der Waals surface area contributed by atoms with Gasteiger partial charge in [-0.05, 0) is 18.6 Å². The van der Waals surface area contributed by atoms with Gasteiger partial charge in [0.2, 0.25) is 0 Å². The summed E-state index contributed by atoms with van der Waals surface area (Å²) in [5.74, 6) is 2.39. The van der Waals surface area contributed by atoms with E-state index in [9.17, 15) is 4.79 Å². The molecule has 0 aromatic heterocycles. The molecule has 1 heterocycles. The molecular weight excluding hydrogens is 322 g/mol. The summed E-state index contributed by atoms with van der Waals surface area (Å²) in [5, 5.41) is 0. The lowest BCUT2D eigenvalue weighted by molar-refractivity contribution is -0.141. The van der Waals surface area contributed by atoms with Crippen LogP contribution in [0.1, 0.15) is 41.0 Å². The molecule has 2 atom stereocenters. The van der Waals surface area contributed by atoms with Crippen LogP contribution in [-0.2, 0) is 20.2 Å². The summed E-state index contributed by atoms with van der Waals surface area (Å²) in [6.07, 6.45) is 3.12. The zero-order valence-electron chi connectivity index (χ0n) is 14.3. The Labute approximate surface area is 140 Å². The fourth-order valence-corrected chi connectivity index (χ4v) is 6.35. The highest BCUT2D eigenvalue weighted by Gasteiger charge is 2.51. The van der Waals surface area contributed by atoms with Crippen molar-refractivity contribution in [1.82, 2.24) is 0 Å². The van der Waals surface area contributed by atoms with Crippen molar-refractivity contribution in [2.24, 2.45) is 10.3 Å². The normalized spacial score (nSPS) is 21.5. The van der Waals surface area contributed by atoms with Crippen LogP contribution in [0.2, 0.25) is 0 Å². The third-order valence-electron chi connectivity index (χ3n) is 3.49. The highest BCUT2D eigenvalue weighted by Crippen LogP contribution is 2.50. The van der Waals surface area contributed by atoms with Gasteiger partial charge in [-0.3, -0.25) is 4.36 Å². The molecule has 0 aliphatic carbocycles. The van der Waals surface area contributed by atoms with Crippen LogP contribution >= 0.6 is 23.5 Å². The Morgan fingerprint density at radius 3 is 2.24 bits per heavy atom.